The molecule has 82 valence electrons. The van der Waals surface area contributed by atoms with E-state index >= 15 is 0 Å². The van der Waals surface area contributed by atoms with Gasteiger partial charge in [-0.05, 0) is 31.5 Å². The van der Waals surface area contributed by atoms with Gasteiger partial charge in [-0.2, -0.15) is 0 Å². The van der Waals surface area contributed by atoms with E-state index < -0.39 is 0 Å². The summed E-state index contributed by atoms with van der Waals surface area (Å²) < 4.78 is 7.47. The highest BCUT2D eigenvalue weighted by Crippen LogP contribution is 2.26. The first kappa shape index (κ1) is 11.6. The van der Waals surface area contributed by atoms with Crippen LogP contribution >= 0.6 is 0 Å². The van der Waals surface area contributed by atoms with Crippen molar-refractivity contribution in [2.24, 2.45) is 7.05 Å². The molecule has 2 heterocycles. The minimum Gasteiger partial charge on any atom is -0.464 e. The molecule has 2 rings (SSSR count). The second-order valence-corrected chi connectivity index (χ2v) is 3.34. The van der Waals surface area contributed by atoms with Gasteiger partial charge < -0.3 is 8.98 Å². The number of rotatable bonds is 1. The van der Waals surface area contributed by atoms with E-state index in [0.29, 0.717) is 0 Å². The zero-order valence-corrected chi connectivity index (χ0v) is 10.2. The summed E-state index contributed by atoms with van der Waals surface area (Å²) in [5, 5.41) is 0. The van der Waals surface area contributed by atoms with Crippen LogP contribution in [0.3, 0.4) is 0 Å². The Bertz CT molecular complexity index is 410. The minimum absolute atomic E-state index is 0.946. The van der Waals surface area contributed by atoms with Crippen molar-refractivity contribution >= 4 is 0 Å². The molecule has 0 aliphatic heterocycles. The van der Waals surface area contributed by atoms with E-state index in [9.17, 15) is 0 Å². The Kier molecular flexibility index (Phi) is 3.78. The van der Waals surface area contributed by atoms with Crippen molar-refractivity contribution in [2.75, 3.05) is 0 Å². The van der Waals surface area contributed by atoms with Gasteiger partial charge in [0.15, 0.2) is 0 Å². The number of hydrogen-bond donors (Lipinski definition) is 0. The molecule has 2 aromatic heterocycles. The first-order chi connectivity index (χ1) is 7.20. The third-order valence-corrected chi connectivity index (χ3v) is 2.59. The topological polar surface area (TPSA) is 18.1 Å². The first-order valence-electron chi connectivity index (χ1n) is 5.36. The summed E-state index contributed by atoms with van der Waals surface area (Å²) in [7, 11) is 2.05. The first-order valence-corrected chi connectivity index (χ1v) is 5.36. The van der Waals surface area contributed by atoms with Crippen molar-refractivity contribution in [3.05, 3.63) is 35.9 Å². The quantitative estimate of drug-likeness (QED) is 0.690. The third-order valence-electron chi connectivity index (χ3n) is 2.59. The highest BCUT2D eigenvalue weighted by atomic mass is 16.3. The molecule has 0 saturated carbocycles. The van der Waals surface area contributed by atoms with Crippen LogP contribution in [0.25, 0.3) is 11.3 Å². The molecule has 15 heavy (non-hydrogen) atoms. The number of furan rings is 1. The van der Waals surface area contributed by atoms with Crippen LogP contribution in [-0.2, 0) is 7.05 Å². The van der Waals surface area contributed by atoms with Gasteiger partial charge in [-0.3, -0.25) is 0 Å². The van der Waals surface area contributed by atoms with Crippen molar-refractivity contribution in [2.45, 2.75) is 27.7 Å². The largest absolute Gasteiger partial charge is 0.464 e. The summed E-state index contributed by atoms with van der Waals surface area (Å²) in [6, 6.07) is 3.90. The molecule has 2 aromatic rings. The lowest BCUT2D eigenvalue weighted by Gasteiger charge is -1.95. The van der Waals surface area contributed by atoms with Gasteiger partial charge in [0.2, 0.25) is 0 Å². The highest BCUT2D eigenvalue weighted by molar-refractivity contribution is 5.62. The summed E-state index contributed by atoms with van der Waals surface area (Å²) in [5.74, 6) is 0.946. The zero-order chi connectivity index (χ0) is 11.4. The molecule has 2 heteroatoms. The number of nitrogens with zero attached hydrogens (tertiary/aromatic N) is 1. The fraction of sp³-hybridized carbons (Fsp3) is 0.385. The molecule has 0 aromatic carbocycles. The van der Waals surface area contributed by atoms with Crippen LogP contribution in [0.5, 0.6) is 0 Å². The van der Waals surface area contributed by atoms with E-state index in [1.807, 2.05) is 26.0 Å². The van der Waals surface area contributed by atoms with Gasteiger partial charge in [0.1, 0.15) is 5.76 Å². The maximum atomic E-state index is 5.36. The average Bonchev–Trinajstić information content (AvgIpc) is 2.86. The normalized spacial score (nSPS) is 9.67. The van der Waals surface area contributed by atoms with E-state index in [-0.39, 0.29) is 0 Å². The molecule has 0 aliphatic rings. The van der Waals surface area contributed by atoms with E-state index in [0.717, 1.165) is 5.76 Å². The van der Waals surface area contributed by atoms with Gasteiger partial charge in [0.25, 0.3) is 0 Å². The molecule has 0 atom stereocenters. The third kappa shape index (κ3) is 2.14. The standard InChI is InChI=1S/C11H13NO.C2H6/c1-8-9(2)12(3)7-10(8)11-5-4-6-13-11;1-2/h4-7H,1-3H3;1-2H3. The molecule has 2 nitrogen and oxygen atoms in total. The van der Waals surface area contributed by atoms with Crippen LogP contribution in [0.1, 0.15) is 25.1 Å². The van der Waals surface area contributed by atoms with Crippen LogP contribution in [0.4, 0.5) is 0 Å². The maximum absolute atomic E-state index is 5.36. The summed E-state index contributed by atoms with van der Waals surface area (Å²) in [6.07, 6.45) is 3.81. The molecule has 0 amide bonds. The summed E-state index contributed by atoms with van der Waals surface area (Å²) in [6.45, 7) is 8.23. The fourth-order valence-electron chi connectivity index (χ4n) is 1.53. The molecule has 0 spiro atoms. The van der Waals surface area contributed by atoms with Gasteiger partial charge >= 0.3 is 0 Å². The molecular formula is C13H19NO. The Morgan fingerprint density at radius 1 is 1.20 bits per heavy atom. The molecule has 0 fully saturated rings. The Hall–Kier alpha value is -1.44. The molecular weight excluding hydrogens is 186 g/mol. The Morgan fingerprint density at radius 3 is 2.27 bits per heavy atom. The van der Waals surface area contributed by atoms with Crippen LogP contribution in [0, 0.1) is 13.8 Å². The number of aryl methyl sites for hydroxylation is 1. The molecule has 0 bridgehead atoms. The summed E-state index contributed by atoms with van der Waals surface area (Å²) in [5.41, 5.74) is 3.76. The van der Waals surface area contributed by atoms with Gasteiger partial charge in [-0.25, -0.2) is 0 Å². The van der Waals surface area contributed by atoms with Crippen LogP contribution in [-0.4, -0.2) is 4.57 Å². The second kappa shape index (κ2) is 4.87. The minimum atomic E-state index is 0.946. The highest BCUT2D eigenvalue weighted by Gasteiger charge is 2.09. The molecule has 0 saturated heterocycles. The molecule has 0 aliphatic carbocycles. The predicted octanol–water partition coefficient (Wildman–Crippen LogP) is 3.93. The van der Waals surface area contributed by atoms with E-state index in [2.05, 4.69) is 31.7 Å². The van der Waals surface area contributed by atoms with Crippen molar-refractivity contribution in [3.8, 4) is 11.3 Å². The van der Waals surface area contributed by atoms with Crippen LogP contribution in [0.15, 0.2) is 29.0 Å². The molecule has 0 radical (unpaired) electrons. The Morgan fingerprint density at radius 2 is 1.87 bits per heavy atom. The van der Waals surface area contributed by atoms with E-state index in [4.69, 9.17) is 4.42 Å². The van der Waals surface area contributed by atoms with E-state index in [1.165, 1.54) is 16.8 Å². The van der Waals surface area contributed by atoms with Crippen LogP contribution in [0.2, 0.25) is 0 Å². The van der Waals surface area contributed by atoms with Gasteiger partial charge in [0, 0.05) is 24.5 Å². The van der Waals surface area contributed by atoms with Crippen molar-refractivity contribution < 1.29 is 4.42 Å². The van der Waals surface area contributed by atoms with Crippen molar-refractivity contribution in [3.63, 3.8) is 0 Å². The van der Waals surface area contributed by atoms with E-state index in [1.54, 1.807) is 6.26 Å². The van der Waals surface area contributed by atoms with Crippen LogP contribution < -0.4 is 0 Å². The van der Waals surface area contributed by atoms with Crippen molar-refractivity contribution in [1.82, 2.24) is 4.57 Å². The van der Waals surface area contributed by atoms with Gasteiger partial charge in [-0.1, -0.05) is 13.8 Å². The lowest BCUT2D eigenvalue weighted by molar-refractivity contribution is 0.582. The van der Waals surface area contributed by atoms with Gasteiger partial charge in [-0.15, -0.1) is 0 Å². The lowest BCUT2D eigenvalue weighted by atomic mass is 10.1. The Labute approximate surface area is 91.5 Å². The smallest absolute Gasteiger partial charge is 0.135 e. The predicted molar refractivity (Wildman–Crippen MR) is 63.9 cm³/mol. The maximum Gasteiger partial charge on any atom is 0.135 e. The zero-order valence-electron chi connectivity index (χ0n) is 10.2. The van der Waals surface area contributed by atoms with Gasteiger partial charge in [0.05, 0.1) is 6.26 Å². The SMILES string of the molecule is CC.Cc1c(-c2ccco2)cn(C)c1C. The lowest BCUT2D eigenvalue weighted by Crippen LogP contribution is -1.87. The average molecular weight is 205 g/mol. The Balaban J connectivity index is 0.000000531. The summed E-state index contributed by atoms with van der Waals surface area (Å²) in [4.78, 5) is 0. The monoisotopic (exact) mass is 205 g/mol. The molecule has 0 N–H and O–H groups in total. The second-order valence-electron chi connectivity index (χ2n) is 3.34. The number of hydrogen-bond acceptors (Lipinski definition) is 1. The molecule has 0 unspecified atom stereocenters. The van der Waals surface area contributed by atoms with Crippen molar-refractivity contribution in [1.29, 1.82) is 0 Å². The fourth-order valence-corrected chi connectivity index (χ4v) is 1.53. The summed E-state index contributed by atoms with van der Waals surface area (Å²) >= 11 is 0. The number of aromatic nitrogens is 1.